The van der Waals surface area contributed by atoms with Gasteiger partial charge in [0.2, 0.25) is 23.6 Å². The van der Waals surface area contributed by atoms with Crippen molar-refractivity contribution in [3.05, 3.63) is 107 Å². The monoisotopic (exact) mass is 796 g/mol. The molecule has 3 aromatic rings. The molecule has 0 aromatic heterocycles. The van der Waals surface area contributed by atoms with E-state index in [2.05, 4.69) is 10.6 Å². The normalized spacial score (nSPS) is 20.8. The van der Waals surface area contributed by atoms with E-state index >= 15 is 0 Å². The number of carbonyl (C=O) groups excluding carboxylic acids is 4. The highest BCUT2D eigenvalue weighted by molar-refractivity contribution is 5.91. The Morgan fingerprint density at radius 3 is 1.26 bits per heavy atom. The second-order valence-corrected chi connectivity index (χ2v) is 17.9. The maximum Gasteiger partial charge on any atom is 0.242 e. The Labute approximate surface area is 344 Å². The highest BCUT2D eigenvalue weighted by atomic mass is 16.5. The number of nitrogens with zero attached hydrogens (tertiary/aromatic N) is 2. The molecule has 2 aliphatic rings. The van der Waals surface area contributed by atoms with E-state index in [1.165, 1.54) is 0 Å². The highest BCUT2D eigenvalue weighted by Gasteiger charge is 2.45. The third-order valence-electron chi connectivity index (χ3n) is 11.2. The molecule has 0 saturated carbocycles. The molecule has 0 spiro atoms. The van der Waals surface area contributed by atoms with E-state index in [1.807, 2.05) is 126 Å². The zero-order valence-electron chi connectivity index (χ0n) is 35.1. The van der Waals surface area contributed by atoms with Gasteiger partial charge in [-0.15, -0.1) is 0 Å². The Bertz CT molecular complexity index is 1680. The van der Waals surface area contributed by atoms with Gasteiger partial charge in [0.05, 0.1) is 37.5 Å². The number of rotatable bonds is 16. The molecule has 2 fully saturated rings. The van der Waals surface area contributed by atoms with Gasteiger partial charge < -0.3 is 41.4 Å². The van der Waals surface area contributed by atoms with E-state index in [9.17, 15) is 19.2 Å². The van der Waals surface area contributed by atoms with Crippen molar-refractivity contribution < 1.29 is 28.7 Å². The van der Waals surface area contributed by atoms with Crippen LogP contribution in [0.3, 0.4) is 0 Å². The van der Waals surface area contributed by atoms with Gasteiger partial charge in [-0.05, 0) is 45.9 Å². The van der Waals surface area contributed by atoms with Gasteiger partial charge >= 0.3 is 0 Å². The molecule has 2 saturated heterocycles. The van der Waals surface area contributed by atoms with E-state index in [-0.39, 0.29) is 48.9 Å². The quantitative estimate of drug-likeness (QED) is 0.168. The average Bonchev–Trinajstić information content (AvgIpc) is 3.84. The van der Waals surface area contributed by atoms with Gasteiger partial charge in [-0.1, -0.05) is 126 Å². The molecule has 0 aliphatic carbocycles. The number of hydrogen-bond donors (Lipinski definition) is 4. The molecule has 12 heteroatoms. The van der Waals surface area contributed by atoms with Crippen LogP contribution in [0, 0.1) is 10.8 Å². The van der Waals surface area contributed by atoms with Gasteiger partial charge in [0.15, 0.2) is 0 Å². The van der Waals surface area contributed by atoms with Crippen molar-refractivity contribution >= 4 is 23.6 Å². The molecule has 58 heavy (non-hydrogen) atoms. The van der Waals surface area contributed by atoms with Crippen LogP contribution in [0.15, 0.2) is 84.9 Å². The second-order valence-electron chi connectivity index (χ2n) is 17.9. The first-order chi connectivity index (χ1) is 27.5. The van der Waals surface area contributed by atoms with Gasteiger partial charge in [-0.25, -0.2) is 0 Å². The third-order valence-corrected chi connectivity index (χ3v) is 11.2. The van der Waals surface area contributed by atoms with Crippen molar-refractivity contribution in [2.75, 3.05) is 26.2 Å². The number of ether oxygens (including phenoxy) is 2. The molecule has 0 unspecified atom stereocenters. The minimum atomic E-state index is -0.762. The van der Waals surface area contributed by atoms with Crippen LogP contribution in [-0.4, -0.2) is 96.0 Å². The number of carbonyl (C=O) groups is 4. The summed E-state index contributed by atoms with van der Waals surface area (Å²) < 4.78 is 12.6. The van der Waals surface area contributed by atoms with Crippen LogP contribution >= 0.6 is 0 Å². The fourth-order valence-electron chi connectivity index (χ4n) is 7.26. The summed E-state index contributed by atoms with van der Waals surface area (Å²) in [4.78, 5) is 57.2. The fraction of sp³-hybridized carbons (Fsp3) is 0.522. The molecule has 314 valence electrons. The molecule has 6 atom stereocenters. The molecule has 3 aromatic carbocycles. The molecule has 0 radical (unpaired) electrons. The van der Waals surface area contributed by atoms with Crippen molar-refractivity contribution in [3.63, 3.8) is 0 Å². The van der Waals surface area contributed by atoms with Crippen molar-refractivity contribution in [2.24, 2.45) is 22.3 Å². The first-order valence-electron chi connectivity index (χ1n) is 20.6. The standard InChI is InChI=1S/C46H64N6O6/c1-45(2,3)39(47)43(55)51-27-35(25-37(51)41(53)49-23-21-31-13-9-7-10-14-31)57-29-33-17-19-34(20-18-33)30-58-36-26-38(52(28-36)44(56)40(48)46(4,5)6)42(54)50-24-22-32-15-11-8-12-16-32/h7-20,35-40H,21-30,47-48H2,1-6H3,(H,49,53)(H,50,54)/t35-,36-,37-,38-,39+,40+/m0/s1. The summed E-state index contributed by atoms with van der Waals surface area (Å²) in [5, 5.41) is 6.05. The molecule has 2 aliphatic heterocycles. The summed E-state index contributed by atoms with van der Waals surface area (Å²) in [7, 11) is 0. The van der Waals surface area contributed by atoms with Crippen LogP contribution in [0.5, 0.6) is 0 Å². The second kappa shape index (κ2) is 19.9. The van der Waals surface area contributed by atoms with E-state index in [0.29, 0.717) is 52.0 Å². The molecular weight excluding hydrogens is 733 g/mol. The lowest BCUT2D eigenvalue weighted by Crippen LogP contribution is -2.55. The van der Waals surface area contributed by atoms with Crippen LogP contribution in [-0.2, 0) is 54.7 Å². The largest absolute Gasteiger partial charge is 0.372 e. The maximum atomic E-state index is 13.6. The Morgan fingerprint density at radius 2 is 0.931 bits per heavy atom. The first-order valence-corrected chi connectivity index (χ1v) is 20.6. The summed E-state index contributed by atoms with van der Waals surface area (Å²) in [6, 6.07) is 24.9. The van der Waals surface area contributed by atoms with Gasteiger partial charge in [0, 0.05) is 39.0 Å². The van der Waals surface area contributed by atoms with Crippen molar-refractivity contribution in [2.45, 2.75) is 117 Å². The summed E-state index contributed by atoms with van der Waals surface area (Å²) >= 11 is 0. The number of nitrogens with one attached hydrogen (secondary N) is 2. The van der Waals surface area contributed by atoms with Crippen LogP contribution in [0.2, 0.25) is 0 Å². The zero-order valence-corrected chi connectivity index (χ0v) is 35.1. The van der Waals surface area contributed by atoms with Crippen LogP contribution in [0.4, 0.5) is 0 Å². The van der Waals surface area contributed by atoms with Crippen LogP contribution in [0.25, 0.3) is 0 Å². The summed E-state index contributed by atoms with van der Waals surface area (Å²) in [6.07, 6.45) is 1.44. The molecule has 6 N–H and O–H groups in total. The highest BCUT2D eigenvalue weighted by Crippen LogP contribution is 2.28. The third kappa shape index (κ3) is 12.2. The predicted molar refractivity (Wildman–Crippen MR) is 225 cm³/mol. The Hall–Kier alpha value is -4.62. The van der Waals surface area contributed by atoms with Crippen molar-refractivity contribution in [3.8, 4) is 0 Å². The average molecular weight is 797 g/mol. The first kappa shape index (κ1) is 44.5. The smallest absolute Gasteiger partial charge is 0.242 e. The molecule has 5 rings (SSSR count). The van der Waals surface area contributed by atoms with E-state index in [4.69, 9.17) is 20.9 Å². The van der Waals surface area contributed by atoms with Crippen molar-refractivity contribution in [1.29, 1.82) is 0 Å². The predicted octanol–water partition coefficient (Wildman–Crippen LogP) is 4.12. The Kier molecular flexibility index (Phi) is 15.3. The fourth-order valence-corrected chi connectivity index (χ4v) is 7.26. The Balaban J connectivity index is 1.14. The van der Waals surface area contributed by atoms with E-state index < -0.39 is 35.0 Å². The lowest BCUT2D eigenvalue weighted by Gasteiger charge is -2.32. The molecular formula is C46H64N6O6. The minimum absolute atomic E-state index is 0.206. The molecule has 2 heterocycles. The topological polar surface area (TPSA) is 169 Å². The van der Waals surface area contributed by atoms with Crippen LogP contribution < -0.4 is 22.1 Å². The lowest BCUT2D eigenvalue weighted by molar-refractivity contribution is -0.141. The zero-order chi connectivity index (χ0) is 42.0. The number of benzene rings is 3. The molecule has 12 nitrogen and oxygen atoms in total. The van der Waals surface area contributed by atoms with Crippen molar-refractivity contribution in [1.82, 2.24) is 20.4 Å². The number of amides is 4. The van der Waals surface area contributed by atoms with Crippen LogP contribution in [0.1, 0.15) is 76.6 Å². The number of likely N-dealkylation sites (tertiary alicyclic amines) is 2. The van der Waals surface area contributed by atoms with E-state index in [1.54, 1.807) is 9.80 Å². The summed E-state index contributed by atoms with van der Waals surface area (Å²) in [5.74, 6) is -0.925. The van der Waals surface area contributed by atoms with E-state index in [0.717, 1.165) is 22.3 Å². The molecule has 0 bridgehead atoms. The van der Waals surface area contributed by atoms with Gasteiger partial charge in [0.1, 0.15) is 12.1 Å². The van der Waals surface area contributed by atoms with Gasteiger partial charge in [-0.2, -0.15) is 0 Å². The van der Waals surface area contributed by atoms with Gasteiger partial charge in [0.25, 0.3) is 0 Å². The summed E-state index contributed by atoms with van der Waals surface area (Å²) in [5.41, 5.74) is 16.0. The number of nitrogens with two attached hydrogens (primary N) is 2. The van der Waals surface area contributed by atoms with Gasteiger partial charge in [-0.3, -0.25) is 19.2 Å². The lowest BCUT2D eigenvalue weighted by atomic mass is 9.86. The Morgan fingerprint density at radius 1 is 0.586 bits per heavy atom. The SMILES string of the molecule is CC(C)(C)[C@H](N)C(=O)N1C[C@@H](OCc2ccc(CO[C@H]3C[C@@H](C(=O)NCCc4ccccc4)N(C(=O)[C@@H](N)C(C)(C)C)C3)cc2)C[C@H]1C(=O)NCCc1ccccc1. The maximum absolute atomic E-state index is 13.6. The number of hydrogen-bond acceptors (Lipinski definition) is 8. The summed E-state index contributed by atoms with van der Waals surface area (Å²) in [6.45, 7) is 13.6. The minimum Gasteiger partial charge on any atom is -0.372 e. The molecule has 4 amide bonds.